The first-order valence-corrected chi connectivity index (χ1v) is 10.1. The highest BCUT2D eigenvalue weighted by atomic mass is 16.5. The number of nitrogens with one attached hydrogen (secondary N) is 3. The number of aliphatic imine (C=N–C) groups is 1. The van der Waals surface area contributed by atoms with Crippen LogP contribution in [0.25, 0.3) is 10.9 Å². The molecule has 2 aromatic carbocycles. The molecule has 3 aromatic rings. The maximum atomic E-state index is 10.9. The number of fused-ring (bicyclic) bond motifs is 1. The Hall–Kier alpha value is -3.48. The number of nitrogens with two attached hydrogens (primary N) is 1. The van der Waals surface area contributed by atoms with Gasteiger partial charge in [-0.25, -0.2) is 4.99 Å². The zero-order chi connectivity index (χ0) is 21.3. The molecular formula is C23H29N5O2. The van der Waals surface area contributed by atoms with Crippen LogP contribution in [-0.2, 0) is 17.8 Å². The van der Waals surface area contributed by atoms with Gasteiger partial charge in [-0.2, -0.15) is 0 Å². The van der Waals surface area contributed by atoms with Crippen LogP contribution < -0.4 is 21.1 Å². The quantitative estimate of drug-likeness (QED) is 0.323. The number of primary amides is 1. The van der Waals surface area contributed by atoms with Crippen LogP contribution in [0.15, 0.2) is 53.7 Å². The molecule has 7 nitrogen and oxygen atoms in total. The zero-order valence-electron chi connectivity index (χ0n) is 17.5. The summed E-state index contributed by atoms with van der Waals surface area (Å²) < 4.78 is 5.35. The van der Waals surface area contributed by atoms with Crippen molar-refractivity contribution < 1.29 is 9.53 Å². The number of para-hydroxylation sites is 1. The predicted octanol–water partition coefficient (Wildman–Crippen LogP) is 2.64. The predicted molar refractivity (Wildman–Crippen MR) is 121 cm³/mol. The van der Waals surface area contributed by atoms with Gasteiger partial charge in [0.1, 0.15) is 5.75 Å². The molecule has 0 unspecified atom stereocenters. The molecule has 1 amide bonds. The molecule has 0 radical (unpaired) electrons. The van der Waals surface area contributed by atoms with Crippen LogP contribution in [0.4, 0.5) is 0 Å². The van der Waals surface area contributed by atoms with Crippen molar-refractivity contribution in [1.29, 1.82) is 0 Å². The van der Waals surface area contributed by atoms with Gasteiger partial charge in [-0.1, -0.05) is 30.3 Å². The molecule has 0 aliphatic rings. The van der Waals surface area contributed by atoms with Crippen LogP contribution in [0.5, 0.6) is 5.75 Å². The summed E-state index contributed by atoms with van der Waals surface area (Å²) in [5, 5.41) is 7.94. The zero-order valence-corrected chi connectivity index (χ0v) is 17.5. The Morgan fingerprint density at radius 1 is 1.20 bits per heavy atom. The summed E-state index contributed by atoms with van der Waals surface area (Å²) in [4.78, 5) is 18.9. The number of H-pyrrole nitrogens is 1. The van der Waals surface area contributed by atoms with Gasteiger partial charge in [0, 0.05) is 30.2 Å². The lowest BCUT2D eigenvalue weighted by Gasteiger charge is -2.11. The van der Waals surface area contributed by atoms with Crippen molar-refractivity contribution in [2.45, 2.75) is 26.8 Å². The van der Waals surface area contributed by atoms with E-state index in [1.165, 1.54) is 22.0 Å². The summed E-state index contributed by atoms with van der Waals surface area (Å²) >= 11 is 0. The summed E-state index contributed by atoms with van der Waals surface area (Å²) in [6.45, 7) is 6.07. The standard InChI is InChI=1S/C23H29N5O2/c1-3-25-23(28-13-17-7-5-8-19(12-17)30-15-21(24)29)26-11-10-18-14-27-22-16(2)6-4-9-20(18)22/h4-9,12,14,27H,3,10-11,13,15H2,1-2H3,(H2,24,29)(H2,25,26,28). The molecule has 0 saturated carbocycles. The summed E-state index contributed by atoms with van der Waals surface area (Å²) in [6, 6.07) is 13.9. The van der Waals surface area contributed by atoms with E-state index in [9.17, 15) is 4.79 Å². The number of aromatic nitrogens is 1. The summed E-state index contributed by atoms with van der Waals surface area (Å²) in [6.07, 6.45) is 2.98. The number of aryl methyl sites for hydroxylation is 1. The number of benzene rings is 2. The van der Waals surface area contributed by atoms with Crippen LogP contribution in [-0.4, -0.2) is 36.5 Å². The average Bonchev–Trinajstić information content (AvgIpc) is 3.15. The number of carbonyl (C=O) groups excluding carboxylic acids is 1. The Kier molecular flexibility index (Phi) is 7.32. The number of carbonyl (C=O) groups is 1. The number of rotatable bonds is 9. The molecule has 30 heavy (non-hydrogen) atoms. The first-order valence-electron chi connectivity index (χ1n) is 10.1. The fraction of sp³-hybridized carbons (Fsp3) is 0.304. The monoisotopic (exact) mass is 407 g/mol. The number of nitrogens with zero attached hydrogens (tertiary/aromatic N) is 1. The Morgan fingerprint density at radius 3 is 2.83 bits per heavy atom. The van der Waals surface area contributed by atoms with Gasteiger partial charge in [0.2, 0.25) is 0 Å². The van der Waals surface area contributed by atoms with Crippen molar-refractivity contribution in [2.75, 3.05) is 19.7 Å². The van der Waals surface area contributed by atoms with Gasteiger partial charge in [0.15, 0.2) is 12.6 Å². The van der Waals surface area contributed by atoms with Gasteiger partial charge in [0.05, 0.1) is 6.54 Å². The van der Waals surface area contributed by atoms with Gasteiger partial charge in [-0.05, 0) is 49.1 Å². The van der Waals surface area contributed by atoms with Crippen LogP contribution in [0.1, 0.15) is 23.6 Å². The Balaban J connectivity index is 1.58. The lowest BCUT2D eigenvalue weighted by molar-refractivity contribution is -0.119. The third kappa shape index (κ3) is 5.76. The third-order valence-corrected chi connectivity index (χ3v) is 4.74. The highest BCUT2D eigenvalue weighted by Gasteiger charge is 2.06. The van der Waals surface area contributed by atoms with Crippen LogP contribution in [0.3, 0.4) is 0 Å². The van der Waals surface area contributed by atoms with Gasteiger partial charge in [-0.15, -0.1) is 0 Å². The number of aromatic amines is 1. The fourth-order valence-electron chi connectivity index (χ4n) is 3.29. The molecule has 0 fully saturated rings. The normalized spacial score (nSPS) is 11.5. The van der Waals surface area contributed by atoms with E-state index in [1.54, 1.807) is 6.07 Å². The molecule has 0 saturated heterocycles. The van der Waals surface area contributed by atoms with E-state index in [1.807, 2.05) is 25.1 Å². The molecule has 0 aliphatic carbocycles. The second kappa shape index (κ2) is 10.3. The lowest BCUT2D eigenvalue weighted by atomic mass is 10.1. The Morgan fingerprint density at radius 2 is 2.03 bits per heavy atom. The molecule has 1 aromatic heterocycles. The second-order valence-corrected chi connectivity index (χ2v) is 7.09. The molecule has 0 aliphatic heterocycles. The van der Waals surface area contributed by atoms with E-state index >= 15 is 0 Å². The largest absolute Gasteiger partial charge is 0.484 e. The first kappa shape index (κ1) is 21.2. The highest BCUT2D eigenvalue weighted by molar-refractivity contribution is 5.86. The minimum atomic E-state index is -0.498. The third-order valence-electron chi connectivity index (χ3n) is 4.74. The smallest absolute Gasteiger partial charge is 0.255 e. The minimum absolute atomic E-state index is 0.135. The Bertz CT molecular complexity index is 1030. The molecule has 0 spiro atoms. The molecule has 1 heterocycles. The number of guanidine groups is 1. The van der Waals surface area contributed by atoms with E-state index in [0.717, 1.165) is 31.0 Å². The SMILES string of the molecule is CCNC(=NCc1cccc(OCC(N)=O)c1)NCCc1c[nH]c2c(C)cccc12. The fourth-order valence-corrected chi connectivity index (χ4v) is 3.29. The summed E-state index contributed by atoms with van der Waals surface area (Å²) in [5.74, 6) is 0.869. The average molecular weight is 408 g/mol. The van der Waals surface area contributed by atoms with Crippen LogP contribution >= 0.6 is 0 Å². The van der Waals surface area contributed by atoms with E-state index in [4.69, 9.17) is 10.5 Å². The number of amides is 1. The molecule has 3 rings (SSSR count). The number of hydrogen-bond acceptors (Lipinski definition) is 3. The summed E-state index contributed by atoms with van der Waals surface area (Å²) in [7, 11) is 0. The van der Waals surface area contributed by atoms with E-state index in [0.29, 0.717) is 12.3 Å². The summed E-state index contributed by atoms with van der Waals surface area (Å²) in [5.41, 5.74) is 9.85. The van der Waals surface area contributed by atoms with Crippen molar-refractivity contribution in [3.05, 3.63) is 65.4 Å². The maximum Gasteiger partial charge on any atom is 0.255 e. The molecule has 5 N–H and O–H groups in total. The Labute approximate surface area is 176 Å². The molecule has 7 heteroatoms. The maximum absolute atomic E-state index is 10.9. The number of ether oxygens (including phenoxy) is 1. The van der Waals surface area contributed by atoms with Gasteiger partial charge in [0.25, 0.3) is 5.91 Å². The van der Waals surface area contributed by atoms with Gasteiger partial charge in [-0.3, -0.25) is 4.79 Å². The first-order chi connectivity index (χ1) is 14.6. The minimum Gasteiger partial charge on any atom is -0.484 e. The van der Waals surface area contributed by atoms with E-state index in [2.05, 4.69) is 51.9 Å². The van der Waals surface area contributed by atoms with E-state index < -0.39 is 5.91 Å². The van der Waals surface area contributed by atoms with Crippen molar-refractivity contribution in [3.63, 3.8) is 0 Å². The lowest BCUT2D eigenvalue weighted by Crippen LogP contribution is -2.38. The molecule has 0 bridgehead atoms. The van der Waals surface area contributed by atoms with Crippen molar-refractivity contribution in [1.82, 2.24) is 15.6 Å². The van der Waals surface area contributed by atoms with E-state index in [-0.39, 0.29) is 6.61 Å². The van der Waals surface area contributed by atoms with Crippen molar-refractivity contribution >= 4 is 22.8 Å². The van der Waals surface area contributed by atoms with Crippen LogP contribution in [0.2, 0.25) is 0 Å². The molecule has 158 valence electrons. The number of hydrogen-bond donors (Lipinski definition) is 4. The van der Waals surface area contributed by atoms with Crippen molar-refractivity contribution in [3.8, 4) is 5.75 Å². The van der Waals surface area contributed by atoms with Crippen LogP contribution in [0, 0.1) is 6.92 Å². The highest BCUT2D eigenvalue weighted by Crippen LogP contribution is 2.21. The second-order valence-electron chi connectivity index (χ2n) is 7.09. The molecule has 0 atom stereocenters. The van der Waals surface area contributed by atoms with Crippen molar-refractivity contribution in [2.24, 2.45) is 10.7 Å². The molecular weight excluding hydrogens is 378 g/mol. The van der Waals surface area contributed by atoms with Gasteiger partial charge < -0.3 is 26.1 Å². The van der Waals surface area contributed by atoms with Gasteiger partial charge >= 0.3 is 0 Å². The topological polar surface area (TPSA) is 105 Å².